The average molecular weight is 407 g/mol. The maximum Gasteiger partial charge on any atom is 0.227 e. The fourth-order valence-electron chi connectivity index (χ4n) is 3.44. The smallest absolute Gasteiger partial charge is 0.227 e. The van der Waals surface area contributed by atoms with Crippen LogP contribution in [0.15, 0.2) is 54.5 Å². The molecule has 1 aliphatic heterocycles. The van der Waals surface area contributed by atoms with E-state index >= 15 is 0 Å². The van der Waals surface area contributed by atoms with Crippen LogP contribution in [-0.2, 0) is 6.54 Å². The monoisotopic (exact) mass is 406 g/mol. The number of aromatic amines is 1. The fourth-order valence-corrected chi connectivity index (χ4v) is 4.52. The first-order valence-electron chi connectivity index (χ1n) is 9.67. The average Bonchev–Trinajstić information content (AvgIpc) is 3.35. The summed E-state index contributed by atoms with van der Waals surface area (Å²) in [6, 6.07) is 8.50. The SMILES string of the molecule is Cc1cc(-c2ccnc(Nc3cn[nH]c3)n2)ccc1CN1C=CSC1C(C)(C)C. The van der Waals surface area contributed by atoms with Gasteiger partial charge in [-0.05, 0) is 41.0 Å². The number of rotatable bonds is 5. The van der Waals surface area contributed by atoms with Gasteiger partial charge in [0.25, 0.3) is 0 Å². The number of benzene rings is 1. The number of nitrogens with one attached hydrogen (secondary N) is 2. The molecule has 29 heavy (non-hydrogen) atoms. The van der Waals surface area contributed by atoms with Gasteiger partial charge in [-0.15, -0.1) is 11.8 Å². The zero-order valence-corrected chi connectivity index (χ0v) is 18.0. The highest BCUT2D eigenvalue weighted by Gasteiger charge is 2.31. The molecular weight excluding hydrogens is 380 g/mol. The number of anilines is 2. The van der Waals surface area contributed by atoms with Crippen molar-refractivity contribution in [3.8, 4) is 11.3 Å². The lowest BCUT2D eigenvalue weighted by Crippen LogP contribution is -2.35. The molecule has 1 aromatic carbocycles. The van der Waals surface area contributed by atoms with Crippen LogP contribution in [0.25, 0.3) is 11.3 Å². The number of hydrogen-bond acceptors (Lipinski definition) is 6. The largest absolute Gasteiger partial charge is 0.360 e. The normalized spacial score (nSPS) is 16.4. The van der Waals surface area contributed by atoms with Crippen LogP contribution in [0.3, 0.4) is 0 Å². The Kier molecular flexibility index (Phi) is 5.32. The van der Waals surface area contributed by atoms with E-state index in [9.17, 15) is 0 Å². The predicted octanol–water partition coefficient (Wildman–Crippen LogP) is 5.31. The van der Waals surface area contributed by atoms with Gasteiger partial charge in [0.15, 0.2) is 0 Å². The summed E-state index contributed by atoms with van der Waals surface area (Å²) in [5.41, 5.74) is 5.64. The lowest BCUT2D eigenvalue weighted by molar-refractivity contribution is 0.220. The van der Waals surface area contributed by atoms with Crippen molar-refractivity contribution in [1.29, 1.82) is 0 Å². The Morgan fingerprint density at radius 1 is 1.24 bits per heavy atom. The van der Waals surface area contributed by atoms with Crippen molar-refractivity contribution in [2.75, 3.05) is 5.32 Å². The number of aryl methyl sites for hydroxylation is 1. The molecule has 2 aromatic heterocycles. The lowest BCUT2D eigenvalue weighted by atomic mass is 9.95. The summed E-state index contributed by atoms with van der Waals surface area (Å²) in [6.07, 6.45) is 7.45. The van der Waals surface area contributed by atoms with E-state index in [4.69, 9.17) is 0 Å². The van der Waals surface area contributed by atoms with Gasteiger partial charge < -0.3 is 10.2 Å². The molecule has 150 valence electrons. The van der Waals surface area contributed by atoms with Crippen LogP contribution >= 0.6 is 11.8 Å². The van der Waals surface area contributed by atoms with Gasteiger partial charge in [-0.2, -0.15) is 5.10 Å². The summed E-state index contributed by atoms with van der Waals surface area (Å²) in [5, 5.41) is 12.5. The summed E-state index contributed by atoms with van der Waals surface area (Å²) in [6.45, 7) is 9.97. The first-order chi connectivity index (χ1) is 13.9. The third-order valence-corrected chi connectivity index (χ3v) is 6.42. The molecule has 3 heterocycles. The second-order valence-corrected chi connectivity index (χ2v) is 9.32. The van der Waals surface area contributed by atoms with Crippen molar-refractivity contribution in [3.05, 3.63) is 65.6 Å². The molecule has 3 aromatic rings. The third kappa shape index (κ3) is 4.45. The van der Waals surface area contributed by atoms with E-state index in [1.165, 1.54) is 11.1 Å². The van der Waals surface area contributed by atoms with Gasteiger partial charge in [-0.1, -0.05) is 32.9 Å². The topological polar surface area (TPSA) is 69.7 Å². The Hall–Kier alpha value is -2.80. The number of nitrogens with zero attached hydrogens (tertiary/aromatic N) is 4. The van der Waals surface area contributed by atoms with E-state index in [0.717, 1.165) is 23.5 Å². The minimum Gasteiger partial charge on any atom is -0.360 e. The number of H-pyrrole nitrogens is 1. The van der Waals surface area contributed by atoms with Gasteiger partial charge in [0.1, 0.15) is 0 Å². The minimum atomic E-state index is 0.224. The van der Waals surface area contributed by atoms with Crippen molar-refractivity contribution in [1.82, 2.24) is 25.1 Å². The van der Waals surface area contributed by atoms with Gasteiger partial charge >= 0.3 is 0 Å². The minimum absolute atomic E-state index is 0.224. The molecule has 0 saturated heterocycles. The van der Waals surface area contributed by atoms with Crippen LogP contribution in [0, 0.1) is 12.3 Å². The van der Waals surface area contributed by atoms with Gasteiger partial charge in [0.2, 0.25) is 5.95 Å². The highest BCUT2D eigenvalue weighted by atomic mass is 32.2. The maximum absolute atomic E-state index is 4.65. The quantitative estimate of drug-likeness (QED) is 0.598. The molecule has 0 bridgehead atoms. The second-order valence-electron chi connectivity index (χ2n) is 8.33. The van der Waals surface area contributed by atoms with Crippen molar-refractivity contribution in [2.45, 2.75) is 39.6 Å². The number of thioether (sulfide) groups is 1. The molecule has 0 amide bonds. The first-order valence-corrected chi connectivity index (χ1v) is 10.6. The standard InChI is InChI=1S/C22H26N6S/c1-15-11-16(19-7-8-23-21(27-19)26-18-12-24-25-13-18)5-6-17(15)14-28-9-10-29-20(28)22(2,3)4/h5-13,20H,14H2,1-4H3,(H,24,25)(H,23,26,27). The molecule has 4 rings (SSSR count). The van der Waals surface area contributed by atoms with Gasteiger partial charge in [-0.3, -0.25) is 5.10 Å². The molecule has 0 radical (unpaired) electrons. The zero-order chi connectivity index (χ0) is 20.4. The van der Waals surface area contributed by atoms with Crippen LogP contribution in [0.2, 0.25) is 0 Å². The van der Waals surface area contributed by atoms with Crippen LogP contribution in [0.5, 0.6) is 0 Å². The third-order valence-electron chi connectivity index (χ3n) is 4.90. The Bertz CT molecular complexity index is 1010. The van der Waals surface area contributed by atoms with E-state index in [-0.39, 0.29) is 5.41 Å². The molecule has 0 saturated carbocycles. The predicted molar refractivity (Wildman–Crippen MR) is 120 cm³/mol. The van der Waals surface area contributed by atoms with E-state index in [1.807, 2.05) is 17.8 Å². The highest BCUT2D eigenvalue weighted by molar-refractivity contribution is 8.02. The molecule has 2 N–H and O–H groups in total. The Morgan fingerprint density at radius 2 is 2.10 bits per heavy atom. The van der Waals surface area contributed by atoms with Gasteiger partial charge in [-0.25, -0.2) is 9.97 Å². The summed E-state index contributed by atoms with van der Waals surface area (Å²) >= 11 is 1.90. The Balaban J connectivity index is 1.52. The fraction of sp³-hybridized carbons (Fsp3) is 0.318. The molecule has 0 aliphatic carbocycles. The van der Waals surface area contributed by atoms with Crippen molar-refractivity contribution < 1.29 is 0 Å². The highest BCUT2D eigenvalue weighted by Crippen LogP contribution is 2.39. The molecule has 1 aliphatic rings. The van der Waals surface area contributed by atoms with E-state index < -0.39 is 0 Å². The molecular formula is C22H26N6S. The van der Waals surface area contributed by atoms with Crippen molar-refractivity contribution in [2.24, 2.45) is 5.41 Å². The van der Waals surface area contributed by atoms with Crippen LogP contribution in [-0.4, -0.2) is 30.4 Å². The molecule has 6 nitrogen and oxygen atoms in total. The van der Waals surface area contributed by atoms with Crippen LogP contribution < -0.4 is 5.32 Å². The van der Waals surface area contributed by atoms with Gasteiger partial charge in [0, 0.05) is 30.7 Å². The lowest BCUT2D eigenvalue weighted by Gasteiger charge is -2.35. The van der Waals surface area contributed by atoms with Crippen molar-refractivity contribution in [3.63, 3.8) is 0 Å². The molecule has 0 spiro atoms. The van der Waals surface area contributed by atoms with E-state index in [0.29, 0.717) is 11.3 Å². The summed E-state index contributed by atoms with van der Waals surface area (Å²) < 4.78 is 0. The number of aromatic nitrogens is 4. The number of hydrogen-bond donors (Lipinski definition) is 2. The van der Waals surface area contributed by atoms with Crippen LogP contribution in [0.1, 0.15) is 31.9 Å². The molecule has 1 atom stereocenters. The molecule has 0 fully saturated rings. The Morgan fingerprint density at radius 3 is 2.83 bits per heavy atom. The first kappa shape index (κ1) is 19.5. The van der Waals surface area contributed by atoms with E-state index in [1.54, 1.807) is 18.6 Å². The summed E-state index contributed by atoms with van der Waals surface area (Å²) in [4.78, 5) is 11.4. The summed E-state index contributed by atoms with van der Waals surface area (Å²) in [5.74, 6) is 0.554. The zero-order valence-electron chi connectivity index (χ0n) is 17.2. The van der Waals surface area contributed by atoms with E-state index in [2.05, 4.69) is 87.9 Å². The van der Waals surface area contributed by atoms with Gasteiger partial charge in [0.05, 0.1) is 23.0 Å². The van der Waals surface area contributed by atoms with Crippen LogP contribution in [0.4, 0.5) is 11.6 Å². The van der Waals surface area contributed by atoms with Crippen molar-refractivity contribution >= 4 is 23.4 Å². The molecule has 7 heteroatoms. The molecule has 1 unspecified atom stereocenters. The second kappa shape index (κ2) is 7.91. The Labute approximate surface area is 175 Å². The summed E-state index contributed by atoms with van der Waals surface area (Å²) in [7, 11) is 0. The maximum atomic E-state index is 4.65.